The molecule has 1 aliphatic carbocycles. The summed E-state index contributed by atoms with van der Waals surface area (Å²) < 4.78 is 5.55. The van der Waals surface area contributed by atoms with Crippen LogP contribution in [0.25, 0.3) is 11.1 Å². The van der Waals surface area contributed by atoms with E-state index >= 15 is 0 Å². The zero-order valence-electron chi connectivity index (χ0n) is 19.2. The Morgan fingerprint density at radius 2 is 1.63 bits per heavy atom. The van der Waals surface area contributed by atoms with Crippen molar-refractivity contribution in [3.63, 3.8) is 0 Å². The summed E-state index contributed by atoms with van der Waals surface area (Å²) in [4.78, 5) is 42.2. The van der Waals surface area contributed by atoms with Gasteiger partial charge in [-0.05, 0) is 34.4 Å². The first-order chi connectivity index (χ1) is 16.9. The highest BCUT2D eigenvalue weighted by Crippen LogP contribution is 2.44. The van der Waals surface area contributed by atoms with Gasteiger partial charge in [0.1, 0.15) is 18.1 Å². The molecule has 2 N–H and O–H groups in total. The van der Waals surface area contributed by atoms with Crippen molar-refractivity contribution >= 4 is 23.8 Å². The Labute approximate surface area is 202 Å². The summed E-state index contributed by atoms with van der Waals surface area (Å²) >= 11 is 0. The summed E-state index contributed by atoms with van der Waals surface area (Å²) in [5, 5.41) is 11.7. The average Bonchev–Trinajstić information content (AvgIpc) is 3.15. The Morgan fingerprint density at radius 1 is 1.00 bits per heavy atom. The van der Waals surface area contributed by atoms with Gasteiger partial charge in [0.25, 0.3) is 5.91 Å². The quantitative estimate of drug-likeness (QED) is 0.557. The van der Waals surface area contributed by atoms with Gasteiger partial charge in [0.15, 0.2) is 0 Å². The molecule has 1 fully saturated rings. The van der Waals surface area contributed by atoms with E-state index in [1.807, 2.05) is 24.3 Å². The fraction of sp³-hybridized carbons (Fsp3) is 0.259. The lowest BCUT2D eigenvalue weighted by Gasteiger charge is -2.41. The standard InChI is InChI=1S/C27H25N3O5/c1-16(26(32)33)17-13-30(14-17)25(31)23-11-6-12-24(28-23)29-27(34)35-15-22-20-9-4-2-7-18(20)19-8-3-5-10-21(19)22/h2-12,16-17,22H,13-15H2,1H3,(H,32,33)(H,28,29,34). The highest BCUT2D eigenvalue weighted by molar-refractivity contribution is 5.94. The Morgan fingerprint density at radius 3 is 2.26 bits per heavy atom. The van der Waals surface area contributed by atoms with E-state index in [-0.39, 0.29) is 35.9 Å². The number of fused-ring (bicyclic) bond motifs is 3. The Balaban J connectivity index is 1.20. The van der Waals surface area contributed by atoms with Crippen LogP contribution in [0.4, 0.5) is 10.6 Å². The number of rotatable bonds is 6. The number of anilines is 1. The second-order valence-electron chi connectivity index (χ2n) is 8.96. The second kappa shape index (κ2) is 9.21. The monoisotopic (exact) mass is 471 g/mol. The molecule has 0 saturated carbocycles. The number of carboxylic acid groups (broad SMARTS) is 1. The lowest BCUT2D eigenvalue weighted by Crippen LogP contribution is -2.53. The van der Waals surface area contributed by atoms with E-state index in [1.165, 1.54) is 0 Å². The smallest absolute Gasteiger partial charge is 0.412 e. The number of ether oxygens (including phenoxy) is 1. The number of carbonyl (C=O) groups excluding carboxylic acids is 2. The van der Waals surface area contributed by atoms with E-state index in [0.29, 0.717) is 13.1 Å². The molecule has 1 atom stereocenters. The maximum absolute atomic E-state index is 12.7. The van der Waals surface area contributed by atoms with Gasteiger partial charge in [-0.3, -0.25) is 14.9 Å². The molecule has 5 rings (SSSR count). The molecule has 0 radical (unpaired) electrons. The van der Waals surface area contributed by atoms with Crippen LogP contribution >= 0.6 is 0 Å². The van der Waals surface area contributed by atoms with E-state index in [1.54, 1.807) is 30.0 Å². The molecule has 2 heterocycles. The van der Waals surface area contributed by atoms with Gasteiger partial charge >= 0.3 is 12.1 Å². The summed E-state index contributed by atoms with van der Waals surface area (Å²) in [6.07, 6.45) is -0.650. The molecular formula is C27H25N3O5. The molecule has 2 amide bonds. The normalized spacial score (nSPS) is 15.5. The fourth-order valence-corrected chi connectivity index (χ4v) is 4.72. The van der Waals surface area contributed by atoms with Gasteiger partial charge in [0.2, 0.25) is 0 Å². The van der Waals surface area contributed by atoms with E-state index in [0.717, 1.165) is 22.3 Å². The summed E-state index contributed by atoms with van der Waals surface area (Å²) in [5.74, 6) is -1.58. The van der Waals surface area contributed by atoms with Crippen LogP contribution in [0.2, 0.25) is 0 Å². The zero-order chi connectivity index (χ0) is 24.5. The van der Waals surface area contributed by atoms with Crippen LogP contribution in [0.5, 0.6) is 0 Å². The molecule has 178 valence electrons. The maximum Gasteiger partial charge on any atom is 0.412 e. The van der Waals surface area contributed by atoms with Crippen LogP contribution in [-0.2, 0) is 9.53 Å². The number of aromatic nitrogens is 1. The lowest BCUT2D eigenvalue weighted by molar-refractivity contribution is -0.144. The molecule has 8 heteroatoms. The van der Waals surface area contributed by atoms with Crippen molar-refractivity contribution in [3.8, 4) is 11.1 Å². The molecule has 0 spiro atoms. The number of likely N-dealkylation sites (tertiary alicyclic amines) is 1. The zero-order valence-corrected chi connectivity index (χ0v) is 19.2. The highest BCUT2D eigenvalue weighted by Gasteiger charge is 2.38. The first-order valence-electron chi connectivity index (χ1n) is 11.5. The number of carboxylic acids is 1. The number of benzene rings is 2. The van der Waals surface area contributed by atoms with Gasteiger partial charge in [-0.2, -0.15) is 0 Å². The highest BCUT2D eigenvalue weighted by atomic mass is 16.5. The minimum atomic E-state index is -0.866. The number of nitrogens with one attached hydrogen (secondary N) is 1. The Hall–Kier alpha value is -4.20. The topological polar surface area (TPSA) is 109 Å². The molecule has 3 aromatic rings. The molecule has 1 aromatic heterocycles. The molecule has 2 aromatic carbocycles. The van der Waals surface area contributed by atoms with Crippen LogP contribution in [0, 0.1) is 11.8 Å². The predicted octanol–water partition coefficient (Wildman–Crippen LogP) is 4.24. The van der Waals surface area contributed by atoms with Crippen LogP contribution in [-0.4, -0.2) is 52.7 Å². The van der Waals surface area contributed by atoms with Gasteiger partial charge in [-0.25, -0.2) is 9.78 Å². The molecule has 2 aliphatic rings. The minimum Gasteiger partial charge on any atom is -0.481 e. The summed E-state index contributed by atoms with van der Waals surface area (Å²) in [6, 6.07) is 21.0. The fourth-order valence-electron chi connectivity index (χ4n) is 4.72. The molecule has 1 aliphatic heterocycles. The van der Waals surface area contributed by atoms with Crippen molar-refractivity contribution in [2.24, 2.45) is 11.8 Å². The second-order valence-corrected chi connectivity index (χ2v) is 8.96. The van der Waals surface area contributed by atoms with E-state index < -0.39 is 18.0 Å². The molecule has 35 heavy (non-hydrogen) atoms. The van der Waals surface area contributed by atoms with Gasteiger partial charge in [-0.1, -0.05) is 61.5 Å². The molecule has 1 unspecified atom stereocenters. The van der Waals surface area contributed by atoms with Crippen molar-refractivity contribution in [1.82, 2.24) is 9.88 Å². The van der Waals surface area contributed by atoms with Crippen molar-refractivity contribution in [1.29, 1.82) is 0 Å². The van der Waals surface area contributed by atoms with Crippen LogP contribution in [0.15, 0.2) is 66.7 Å². The predicted molar refractivity (Wildman–Crippen MR) is 129 cm³/mol. The van der Waals surface area contributed by atoms with Gasteiger partial charge < -0.3 is 14.7 Å². The summed E-state index contributed by atoms with van der Waals surface area (Å²) in [6.45, 7) is 2.57. The van der Waals surface area contributed by atoms with Crippen molar-refractivity contribution in [2.75, 3.05) is 25.0 Å². The Bertz CT molecular complexity index is 1260. The van der Waals surface area contributed by atoms with Crippen LogP contribution in [0.1, 0.15) is 34.5 Å². The third kappa shape index (κ3) is 4.35. The third-order valence-corrected chi connectivity index (χ3v) is 6.84. The Kier molecular flexibility index (Phi) is 5.94. The van der Waals surface area contributed by atoms with Gasteiger partial charge in [-0.15, -0.1) is 0 Å². The van der Waals surface area contributed by atoms with Gasteiger partial charge in [0, 0.05) is 24.9 Å². The number of nitrogens with zero attached hydrogens (tertiary/aromatic N) is 2. The SMILES string of the molecule is CC(C(=O)O)C1CN(C(=O)c2cccc(NC(=O)OCC3c4ccccc4-c4ccccc43)n2)C1. The number of carbonyl (C=O) groups is 3. The first-order valence-corrected chi connectivity index (χ1v) is 11.5. The van der Waals surface area contributed by atoms with Gasteiger partial charge in [0.05, 0.1) is 5.92 Å². The molecule has 8 nitrogen and oxygen atoms in total. The van der Waals surface area contributed by atoms with E-state index in [4.69, 9.17) is 9.84 Å². The number of pyridine rings is 1. The largest absolute Gasteiger partial charge is 0.481 e. The minimum absolute atomic E-state index is 0.0541. The number of hydrogen-bond acceptors (Lipinski definition) is 5. The van der Waals surface area contributed by atoms with Crippen LogP contribution < -0.4 is 5.32 Å². The molecule has 0 bridgehead atoms. The maximum atomic E-state index is 12.7. The summed E-state index contributed by atoms with van der Waals surface area (Å²) in [5.41, 5.74) is 4.73. The van der Waals surface area contributed by atoms with Crippen molar-refractivity contribution in [3.05, 3.63) is 83.6 Å². The first kappa shape index (κ1) is 22.6. The average molecular weight is 472 g/mol. The molecular weight excluding hydrogens is 446 g/mol. The number of hydrogen-bond donors (Lipinski definition) is 2. The van der Waals surface area contributed by atoms with Crippen molar-refractivity contribution in [2.45, 2.75) is 12.8 Å². The van der Waals surface area contributed by atoms with E-state index in [9.17, 15) is 14.4 Å². The third-order valence-electron chi connectivity index (χ3n) is 6.84. The van der Waals surface area contributed by atoms with E-state index in [2.05, 4.69) is 34.6 Å². The molecule has 1 saturated heterocycles. The lowest BCUT2D eigenvalue weighted by atomic mass is 9.87. The number of amides is 2. The summed E-state index contributed by atoms with van der Waals surface area (Å²) in [7, 11) is 0. The van der Waals surface area contributed by atoms with Crippen LogP contribution in [0.3, 0.4) is 0 Å². The van der Waals surface area contributed by atoms with Crippen molar-refractivity contribution < 1.29 is 24.2 Å². The number of aliphatic carboxylic acids is 1.